The molecule has 4 nitrogen and oxygen atoms in total. The summed E-state index contributed by atoms with van der Waals surface area (Å²) in [6, 6.07) is 0. The third-order valence-corrected chi connectivity index (χ3v) is 1.18. The highest BCUT2D eigenvalue weighted by Gasteiger charge is 2.39. The van der Waals surface area contributed by atoms with Gasteiger partial charge in [-0.25, -0.2) is 0 Å². The Morgan fingerprint density at radius 1 is 1.62 bits per heavy atom. The first kappa shape index (κ1) is 12.2. The van der Waals surface area contributed by atoms with Crippen LogP contribution in [0.25, 0.3) is 0 Å². The van der Waals surface area contributed by atoms with Crippen molar-refractivity contribution in [2.75, 3.05) is 19.7 Å². The molecule has 0 bridgehead atoms. The third-order valence-electron chi connectivity index (χ3n) is 1.18. The molecule has 0 atom stereocenters. The van der Waals surface area contributed by atoms with Crippen LogP contribution < -0.4 is 11.1 Å². The van der Waals surface area contributed by atoms with E-state index < -0.39 is 12.0 Å². The first-order valence-electron chi connectivity index (χ1n) is 4.04. The van der Waals surface area contributed by atoms with Crippen molar-refractivity contribution in [3.05, 3.63) is 0 Å². The van der Waals surface area contributed by atoms with Gasteiger partial charge in [-0.3, -0.25) is 4.79 Å². The number of carbonyl (C=O) groups is 1. The number of hydrogen-bond donors (Lipinski definition) is 2. The molecule has 0 fully saturated rings. The molecule has 3 N–H and O–H groups in total. The summed E-state index contributed by atoms with van der Waals surface area (Å²) in [6.07, 6.45) is -3.31. The van der Waals surface area contributed by atoms with Crippen molar-refractivity contribution in [3.8, 4) is 0 Å². The second-order valence-corrected chi connectivity index (χ2v) is 2.41. The SMILES string of the molecule is CCCOC(F)(F)C(=O)NCCN. The third kappa shape index (κ3) is 4.74. The van der Waals surface area contributed by atoms with E-state index in [1.807, 2.05) is 5.32 Å². The molecule has 6 heteroatoms. The van der Waals surface area contributed by atoms with Crippen molar-refractivity contribution in [2.24, 2.45) is 5.73 Å². The van der Waals surface area contributed by atoms with Crippen LogP contribution in [0.2, 0.25) is 0 Å². The molecule has 0 aliphatic carbocycles. The lowest BCUT2D eigenvalue weighted by Gasteiger charge is -2.15. The van der Waals surface area contributed by atoms with Crippen LogP contribution in [0, 0.1) is 0 Å². The number of carbonyl (C=O) groups excluding carboxylic acids is 1. The molecule has 0 aliphatic heterocycles. The zero-order chi connectivity index (χ0) is 10.3. The molecule has 78 valence electrons. The lowest BCUT2D eigenvalue weighted by molar-refractivity contribution is -0.230. The summed E-state index contributed by atoms with van der Waals surface area (Å²) in [5.74, 6) is -1.44. The molecule has 1 amide bonds. The predicted octanol–water partition coefficient (Wildman–Crippen LogP) is 0.0807. The van der Waals surface area contributed by atoms with Gasteiger partial charge in [-0.05, 0) is 6.42 Å². The number of ether oxygens (including phenoxy) is 1. The van der Waals surface area contributed by atoms with Crippen molar-refractivity contribution in [1.82, 2.24) is 5.32 Å². The molecule has 0 rings (SSSR count). The van der Waals surface area contributed by atoms with E-state index in [-0.39, 0.29) is 19.7 Å². The number of rotatable bonds is 6. The average molecular weight is 196 g/mol. The number of alkyl halides is 2. The second kappa shape index (κ2) is 5.82. The lowest BCUT2D eigenvalue weighted by atomic mass is 10.5. The monoisotopic (exact) mass is 196 g/mol. The largest absolute Gasteiger partial charge is 0.436 e. The average Bonchev–Trinajstić information content (AvgIpc) is 2.10. The molecule has 0 aromatic carbocycles. The van der Waals surface area contributed by atoms with Crippen molar-refractivity contribution in [3.63, 3.8) is 0 Å². The fourth-order valence-corrected chi connectivity index (χ4v) is 0.584. The van der Waals surface area contributed by atoms with Gasteiger partial charge in [-0.15, -0.1) is 0 Å². The van der Waals surface area contributed by atoms with Gasteiger partial charge < -0.3 is 15.8 Å². The smallest absolute Gasteiger partial charge is 0.347 e. The Kier molecular flexibility index (Phi) is 5.48. The molecular formula is C7H14F2N2O2. The quantitative estimate of drug-likeness (QED) is 0.632. The van der Waals surface area contributed by atoms with Gasteiger partial charge in [0.2, 0.25) is 0 Å². The van der Waals surface area contributed by atoms with E-state index in [4.69, 9.17) is 5.73 Å². The van der Waals surface area contributed by atoms with Crippen molar-refractivity contribution >= 4 is 5.91 Å². The highest BCUT2D eigenvalue weighted by atomic mass is 19.3. The van der Waals surface area contributed by atoms with Crippen LogP contribution in [0.3, 0.4) is 0 Å². The van der Waals surface area contributed by atoms with Gasteiger partial charge in [0, 0.05) is 13.1 Å². The molecule has 0 saturated heterocycles. The Balaban J connectivity index is 3.87. The minimum atomic E-state index is -3.74. The van der Waals surface area contributed by atoms with Crippen LogP contribution in [0.15, 0.2) is 0 Å². The van der Waals surface area contributed by atoms with E-state index in [0.717, 1.165) is 0 Å². The zero-order valence-electron chi connectivity index (χ0n) is 7.48. The highest BCUT2D eigenvalue weighted by molar-refractivity contribution is 5.81. The standard InChI is InChI=1S/C7H14F2N2O2/c1-2-5-13-7(8,9)6(12)11-4-3-10/h2-5,10H2,1H3,(H,11,12). The summed E-state index contributed by atoms with van der Waals surface area (Å²) in [5, 5.41) is 1.94. The van der Waals surface area contributed by atoms with Gasteiger partial charge in [-0.2, -0.15) is 8.78 Å². The van der Waals surface area contributed by atoms with Gasteiger partial charge in [0.05, 0.1) is 6.61 Å². The number of hydrogen-bond acceptors (Lipinski definition) is 3. The van der Waals surface area contributed by atoms with Crippen LogP contribution in [-0.4, -0.2) is 31.7 Å². The minimum absolute atomic E-state index is 0.0178. The van der Waals surface area contributed by atoms with Gasteiger partial charge in [0.1, 0.15) is 0 Å². The van der Waals surface area contributed by atoms with E-state index in [1.165, 1.54) is 0 Å². The molecule has 0 saturated carbocycles. The normalized spacial score (nSPS) is 11.4. The van der Waals surface area contributed by atoms with Crippen molar-refractivity contribution in [1.29, 1.82) is 0 Å². The number of halogens is 2. The van der Waals surface area contributed by atoms with E-state index in [1.54, 1.807) is 6.92 Å². The van der Waals surface area contributed by atoms with Crippen LogP contribution in [0.1, 0.15) is 13.3 Å². The summed E-state index contributed by atoms with van der Waals surface area (Å²) >= 11 is 0. The van der Waals surface area contributed by atoms with Crippen molar-refractivity contribution < 1.29 is 18.3 Å². The second-order valence-electron chi connectivity index (χ2n) is 2.41. The molecule has 13 heavy (non-hydrogen) atoms. The first-order chi connectivity index (χ1) is 6.04. The molecule has 0 unspecified atom stereocenters. The molecule has 0 aromatic heterocycles. The maximum absolute atomic E-state index is 12.7. The topological polar surface area (TPSA) is 64.3 Å². The van der Waals surface area contributed by atoms with Gasteiger partial charge in [0.25, 0.3) is 0 Å². The Morgan fingerprint density at radius 3 is 2.69 bits per heavy atom. The van der Waals surface area contributed by atoms with E-state index in [0.29, 0.717) is 6.42 Å². The number of nitrogens with one attached hydrogen (secondary N) is 1. The van der Waals surface area contributed by atoms with E-state index >= 15 is 0 Å². The molecular weight excluding hydrogens is 182 g/mol. The van der Waals surface area contributed by atoms with Crippen LogP contribution in [0.5, 0.6) is 0 Å². The number of amides is 1. The molecule has 0 spiro atoms. The summed E-state index contributed by atoms with van der Waals surface area (Å²) < 4.78 is 29.4. The Morgan fingerprint density at radius 2 is 2.23 bits per heavy atom. The zero-order valence-corrected chi connectivity index (χ0v) is 7.48. The minimum Gasteiger partial charge on any atom is -0.347 e. The fourth-order valence-electron chi connectivity index (χ4n) is 0.584. The maximum atomic E-state index is 12.7. The van der Waals surface area contributed by atoms with Crippen LogP contribution >= 0.6 is 0 Å². The van der Waals surface area contributed by atoms with Crippen molar-refractivity contribution in [2.45, 2.75) is 19.5 Å². The lowest BCUT2D eigenvalue weighted by Crippen LogP contribution is -2.43. The number of nitrogens with two attached hydrogens (primary N) is 1. The predicted molar refractivity (Wildman–Crippen MR) is 43.3 cm³/mol. The highest BCUT2D eigenvalue weighted by Crippen LogP contribution is 2.15. The molecule has 0 radical (unpaired) electrons. The first-order valence-corrected chi connectivity index (χ1v) is 4.04. The molecule has 0 aromatic rings. The fraction of sp³-hybridized carbons (Fsp3) is 0.857. The Bertz CT molecular complexity index is 165. The van der Waals surface area contributed by atoms with Gasteiger partial charge >= 0.3 is 12.0 Å². The Labute approximate surface area is 75.4 Å². The van der Waals surface area contributed by atoms with Gasteiger partial charge in [-0.1, -0.05) is 6.92 Å². The van der Waals surface area contributed by atoms with Gasteiger partial charge in [0.15, 0.2) is 0 Å². The summed E-state index contributed by atoms with van der Waals surface area (Å²) in [5.41, 5.74) is 5.02. The molecule has 0 aliphatic rings. The summed E-state index contributed by atoms with van der Waals surface area (Å²) in [4.78, 5) is 10.7. The molecule has 0 heterocycles. The van der Waals surface area contributed by atoms with Crippen LogP contribution in [0.4, 0.5) is 8.78 Å². The summed E-state index contributed by atoms with van der Waals surface area (Å²) in [7, 11) is 0. The van der Waals surface area contributed by atoms with Crippen LogP contribution in [-0.2, 0) is 9.53 Å². The summed E-state index contributed by atoms with van der Waals surface area (Å²) in [6.45, 7) is 1.66. The van der Waals surface area contributed by atoms with E-state index in [2.05, 4.69) is 4.74 Å². The van der Waals surface area contributed by atoms with E-state index in [9.17, 15) is 13.6 Å². The maximum Gasteiger partial charge on any atom is 0.436 e. The Hall–Kier alpha value is -0.750.